The van der Waals surface area contributed by atoms with Gasteiger partial charge in [0.05, 0.1) is 6.61 Å². The average molecular weight is 255 g/mol. The third kappa shape index (κ3) is 3.26. The molecule has 0 radical (unpaired) electrons. The minimum Gasteiger partial charge on any atom is -0.392 e. The van der Waals surface area contributed by atoms with Crippen LogP contribution in [0.4, 0.5) is 8.78 Å². The van der Waals surface area contributed by atoms with Crippen molar-refractivity contribution in [2.24, 2.45) is 5.92 Å². The van der Waals surface area contributed by atoms with Crippen molar-refractivity contribution in [3.63, 3.8) is 0 Å². The van der Waals surface area contributed by atoms with Crippen LogP contribution in [-0.2, 0) is 17.9 Å². The van der Waals surface area contributed by atoms with Gasteiger partial charge in [0, 0.05) is 25.3 Å². The number of amides is 1. The van der Waals surface area contributed by atoms with Crippen molar-refractivity contribution in [3.8, 4) is 0 Å². The van der Waals surface area contributed by atoms with E-state index in [0.29, 0.717) is 6.54 Å². The average Bonchev–Trinajstić information content (AvgIpc) is 2.94. The highest BCUT2D eigenvalue weighted by Gasteiger charge is 2.57. The van der Waals surface area contributed by atoms with Crippen molar-refractivity contribution in [2.45, 2.75) is 31.9 Å². The lowest BCUT2D eigenvalue weighted by Crippen LogP contribution is -2.23. The van der Waals surface area contributed by atoms with E-state index in [1.807, 2.05) is 6.07 Å². The van der Waals surface area contributed by atoms with E-state index in [-0.39, 0.29) is 25.4 Å². The Bertz CT molecular complexity index is 448. The first kappa shape index (κ1) is 13.0. The van der Waals surface area contributed by atoms with E-state index >= 15 is 0 Å². The normalized spacial score (nSPS) is 20.5. The predicted molar refractivity (Wildman–Crippen MR) is 61.9 cm³/mol. The third-order valence-electron chi connectivity index (χ3n) is 3.05. The summed E-state index contributed by atoms with van der Waals surface area (Å²) in [5.41, 5.74) is 1.60. The molecule has 0 bridgehead atoms. The highest BCUT2D eigenvalue weighted by atomic mass is 19.3. The number of rotatable bonds is 5. The number of hydrogen-bond acceptors (Lipinski definition) is 2. The molecule has 1 aromatic rings. The molecule has 0 aromatic heterocycles. The Morgan fingerprint density at radius 3 is 2.72 bits per heavy atom. The Labute approximate surface area is 104 Å². The maximum Gasteiger partial charge on any atom is 0.252 e. The van der Waals surface area contributed by atoms with E-state index in [1.54, 1.807) is 18.2 Å². The zero-order valence-corrected chi connectivity index (χ0v) is 9.83. The third-order valence-corrected chi connectivity index (χ3v) is 3.05. The number of carbonyl (C=O) groups excluding carboxylic acids is 1. The smallest absolute Gasteiger partial charge is 0.252 e. The second-order valence-electron chi connectivity index (χ2n) is 4.62. The number of nitrogens with one attached hydrogen (secondary N) is 1. The van der Waals surface area contributed by atoms with Crippen LogP contribution >= 0.6 is 0 Å². The lowest BCUT2D eigenvalue weighted by molar-refractivity contribution is -0.122. The first-order chi connectivity index (χ1) is 8.51. The lowest BCUT2D eigenvalue weighted by Gasteiger charge is -2.06. The van der Waals surface area contributed by atoms with Gasteiger partial charge in [-0.25, -0.2) is 8.78 Å². The van der Waals surface area contributed by atoms with Crippen molar-refractivity contribution in [2.75, 3.05) is 0 Å². The number of alkyl halides is 2. The van der Waals surface area contributed by atoms with E-state index in [0.717, 1.165) is 11.1 Å². The van der Waals surface area contributed by atoms with Crippen LogP contribution in [0.15, 0.2) is 24.3 Å². The van der Waals surface area contributed by atoms with Crippen molar-refractivity contribution < 1.29 is 18.7 Å². The molecular formula is C13H15F2NO2. The minimum atomic E-state index is -2.64. The zero-order valence-electron chi connectivity index (χ0n) is 9.83. The van der Waals surface area contributed by atoms with E-state index in [9.17, 15) is 13.6 Å². The fraction of sp³-hybridized carbons (Fsp3) is 0.462. The van der Waals surface area contributed by atoms with Gasteiger partial charge in [-0.05, 0) is 11.1 Å². The zero-order chi connectivity index (χ0) is 13.2. The molecule has 98 valence electrons. The van der Waals surface area contributed by atoms with Crippen LogP contribution in [0.5, 0.6) is 0 Å². The number of benzene rings is 1. The molecule has 1 aliphatic rings. The van der Waals surface area contributed by atoms with Crippen LogP contribution in [0, 0.1) is 5.92 Å². The summed E-state index contributed by atoms with van der Waals surface area (Å²) >= 11 is 0. The molecule has 1 atom stereocenters. The molecule has 1 saturated carbocycles. The molecule has 1 amide bonds. The quantitative estimate of drug-likeness (QED) is 0.843. The molecule has 0 saturated heterocycles. The molecule has 2 rings (SSSR count). The maximum atomic E-state index is 12.6. The molecule has 1 aromatic carbocycles. The predicted octanol–water partition coefficient (Wildman–Crippen LogP) is 1.84. The highest BCUT2D eigenvalue weighted by molar-refractivity contribution is 5.76. The molecule has 1 fully saturated rings. The van der Waals surface area contributed by atoms with Gasteiger partial charge in [-0.15, -0.1) is 0 Å². The Morgan fingerprint density at radius 2 is 2.11 bits per heavy atom. The molecule has 0 unspecified atom stereocenters. The van der Waals surface area contributed by atoms with E-state index < -0.39 is 11.8 Å². The van der Waals surface area contributed by atoms with E-state index in [4.69, 9.17) is 5.11 Å². The van der Waals surface area contributed by atoms with E-state index in [1.165, 1.54) is 0 Å². The maximum absolute atomic E-state index is 12.6. The lowest BCUT2D eigenvalue weighted by atomic mass is 10.1. The Balaban J connectivity index is 1.78. The van der Waals surface area contributed by atoms with E-state index in [2.05, 4.69) is 5.32 Å². The van der Waals surface area contributed by atoms with Gasteiger partial charge >= 0.3 is 0 Å². The first-order valence-electron chi connectivity index (χ1n) is 5.84. The van der Waals surface area contributed by atoms with Gasteiger partial charge in [0.1, 0.15) is 0 Å². The van der Waals surface area contributed by atoms with Crippen molar-refractivity contribution in [1.29, 1.82) is 0 Å². The summed E-state index contributed by atoms with van der Waals surface area (Å²) in [7, 11) is 0. The van der Waals surface area contributed by atoms with Gasteiger partial charge < -0.3 is 10.4 Å². The number of halogens is 2. The Morgan fingerprint density at radius 1 is 1.44 bits per heavy atom. The topological polar surface area (TPSA) is 49.3 Å². The second-order valence-corrected chi connectivity index (χ2v) is 4.62. The fourth-order valence-corrected chi connectivity index (χ4v) is 1.83. The highest BCUT2D eigenvalue weighted by Crippen LogP contribution is 2.50. The summed E-state index contributed by atoms with van der Waals surface area (Å²) in [4.78, 5) is 11.4. The molecule has 0 aliphatic heterocycles. The van der Waals surface area contributed by atoms with Crippen LogP contribution < -0.4 is 5.32 Å². The van der Waals surface area contributed by atoms with Gasteiger partial charge in [-0.3, -0.25) is 4.79 Å². The van der Waals surface area contributed by atoms with Crippen molar-refractivity contribution in [3.05, 3.63) is 35.4 Å². The van der Waals surface area contributed by atoms with Crippen molar-refractivity contribution >= 4 is 5.91 Å². The summed E-state index contributed by atoms with van der Waals surface area (Å²) < 4.78 is 25.2. The standard InChI is InChI=1S/C13H15F2NO2/c14-13(15)6-11(13)5-12(18)16-7-9-2-1-3-10(4-9)8-17/h1-4,11,17H,5-8H2,(H,16,18)/t11-/m0/s1. The summed E-state index contributed by atoms with van der Waals surface area (Å²) in [6, 6.07) is 7.13. The van der Waals surface area contributed by atoms with Crippen LogP contribution in [0.2, 0.25) is 0 Å². The molecule has 3 nitrogen and oxygen atoms in total. The number of hydrogen-bond donors (Lipinski definition) is 2. The molecule has 2 N–H and O–H groups in total. The van der Waals surface area contributed by atoms with Crippen LogP contribution in [-0.4, -0.2) is 16.9 Å². The van der Waals surface area contributed by atoms with Crippen LogP contribution in [0.25, 0.3) is 0 Å². The summed E-state index contributed by atoms with van der Waals surface area (Å²) in [6.45, 7) is 0.237. The number of aliphatic hydroxyl groups excluding tert-OH is 1. The molecule has 0 spiro atoms. The molecule has 1 aliphatic carbocycles. The summed E-state index contributed by atoms with van der Waals surface area (Å²) in [5, 5.41) is 11.6. The largest absolute Gasteiger partial charge is 0.392 e. The van der Waals surface area contributed by atoms with Crippen molar-refractivity contribution in [1.82, 2.24) is 5.32 Å². The van der Waals surface area contributed by atoms with Gasteiger partial charge in [-0.1, -0.05) is 24.3 Å². The fourth-order valence-electron chi connectivity index (χ4n) is 1.83. The second kappa shape index (κ2) is 5.02. The molecule has 18 heavy (non-hydrogen) atoms. The SMILES string of the molecule is O=C(C[C@H]1CC1(F)F)NCc1cccc(CO)c1. The Hall–Kier alpha value is -1.49. The van der Waals surface area contributed by atoms with Gasteiger partial charge in [0.15, 0.2) is 0 Å². The summed E-state index contributed by atoms with van der Waals surface area (Å²) in [6.07, 6.45) is -0.299. The van der Waals surface area contributed by atoms with Gasteiger partial charge in [-0.2, -0.15) is 0 Å². The van der Waals surface area contributed by atoms with Crippen LogP contribution in [0.3, 0.4) is 0 Å². The minimum absolute atomic E-state index is 0.0594. The van der Waals surface area contributed by atoms with Gasteiger partial charge in [0.2, 0.25) is 5.91 Å². The molecule has 5 heteroatoms. The van der Waals surface area contributed by atoms with Gasteiger partial charge in [0.25, 0.3) is 5.92 Å². The summed E-state index contributed by atoms with van der Waals surface area (Å²) in [5.74, 6) is -3.79. The Kier molecular flexibility index (Phi) is 3.61. The number of carbonyl (C=O) groups is 1. The monoisotopic (exact) mass is 255 g/mol. The first-order valence-corrected chi connectivity index (χ1v) is 5.84. The van der Waals surface area contributed by atoms with Crippen LogP contribution in [0.1, 0.15) is 24.0 Å². The number of aliphatic hydroxyl groups is 1. The molecule has 0 heterocycles. The molecular weight excluding hydrogens is 240 g/mol.